The van der Waals surface area contributed by atoms with E-state index in [0.717, 1.165) is 18.3 Å². The van der Waals surface area contributed by atoms with Gasteiger partial charge in [0, 0.05) is 0 Å². The van der Waals surface area contributed by atoms with Gasteiger partial charge >= 0.3 is 0 Å². The molecule has 1 heteroatoms. The molecule has 0 aliphatic heterocycles. The molecule has 0 aromatic heterocycles. The number of hydrogen-bond acceptors (Lipinski definition) is 1. The zero-order chi connectivity index (χ0) is 10.7. The van der Waals surface area contributed by atoms with Crippen LogP contribution in [-0.2, 0) is 0 Å². The Morgan fingerprint density at radius 1 is 1.13 bits per heavy atom. The Morgan fingerprint density at radius 2 is 1.73 bits per heavy atom. The number of para-hydroxylation sites is 1. The number of aryl methyl sites for hydroxylation is 2. The summed E-state index contributed by atoms with van der Waals surface area (Å²) >= 11 is 0. The van der Waals surface area contributed by atoms with E-state index in [-0.39, 0.29) is 0 Å². The summed E-state index contributed by atoms with van der Waals surface area (Å²) in [6.07, 6.45) is 5.48. The van der Waals surface area contributed by atoms with E-state index in [1.807, 2.05) is 0 Å². The van der Waals surface area contributed by atoms with E-state index in [4.69, 9.17) is 4.74 Å². The third-order valence-corrected chi connectivity index (χ3v) is 3.35. The minimum absolute atomic E-state index is 0.795. The van der Waals surface area contributed by atoms with E-state index in [0.29, 0.717) is 0 Å². The Labute approximate surface area is 92.5 Å². The molecule has 1 aromatic carbocycles. The summed E-state index contributed by atoms with van der Waals surface area (Å²) in [5.41, 5.74) is 2.51. The van der Waals surface area contributed by atoms with Gasteiger partial charge in [-0.1, -0.05) is 31.0 Å². The molecule has 15 heavy (non-hydrogen) atoms. The summed E-state index contributed by atoms with van der Waals surface area (Å²) < 4.78 is 5.95. The predicted molar refractivity (Wildman–Crippen MR) is 63.4 cm³/mol. The molecule has 1 nitrogen and oxygen atoms in total. The van der Waals surface area contributed by atoms with Crippen LogP contribution in [0.3, 0.4) is 0 Å². The Morgan fingerprint density at radius 3 is 2.33 bits per heavy atom. The van der Waals surface area contributed by atoms with Crippen LogP contribution in [0.5, 0.6) is 5.75 Å². The Bertz CT molecular complexity index is 304. The lowest BCUT2D eigenvalue weighted by Gasteiger charge is -2.15. The molecule has 0 amide bonds. The number of ether oxygens (including phenoxy) is 1. The number of benzene rings is 1. The molecule has 0 radical (unpaired) electrons. The third kappa shape index (κ3) is 2.53. The van der Waals surface area contributed by atoms with Crippen molar-refractivity contribution in [2.75, 3.05) is 6.61 Å². The lowest BCUT2D eigenvalue weighted by molar-refractivity contribution is 0.249. The smallest absolute Gasteiger partial charge is 0.125 e. The highest BCUT2D eigenvalue weighted by Crippen LogP contribution is 2.28. The zero-order valence-corrected chi connectivity index (χ0v) is 9.75. The van der Waals surface area contributed by atoms with Gasteiger partial charge in [0.1, 0.15) is 5.75 Å². The predicted octanol–water partition coefficient (Wildman–Crippen LogP) is 3.87. The molecule has 0 heterocycles. The molecule has 1 saturated carbocycles. The molecule has 0 atom stereocenters. The van der Waals surface area contributed by atoms with Crippen molar-refractivity contribution >= 4 is 0 Å². The molecule has 82 valence electrons. The first kappa shape index (κ1) is 10.5. The average molecular weight is 204 g/mol. The first-order chi connectivity index (χ1) is 7.27. The van der Waals surface area contributed by atoms with Gasteiger partial charge in [0.05, 0.1) is 6.61 Å². The van der Waals surface area contributed by atoms with Crippen molar-refractivity contribution in [1.82, 2.24) is 0 Å². The molecule has 1 fully saturated rings. The number of hydrogen-bond donors (Lipinski definition) is 0. The molecule has 0 bridgehead atoms. The van der Waals surface area contributed by atoms with Crippen molar-refractivity contribution in [3.05, 3.63) is 29.3 Å². The highest BCUT2D eigenvalue weighted by atomic mass is 16.5. The van der Waals surface area contributed by atoms with E-state index in [2.05, 4.69) is 32.0 Å². The minimum atomic E-state index is 0.795. The van der Waals surface area contributed by atoms with Gasteiger partial charge < -0.3 is 4.74 Å². The lowest BCUT2D eigenvalue weighted by atomic mass is 10.1. The second-order valence-corrected chi connectivity index (χ2v) is 4.68. The van der Waals surface area contributed by atoms with Gasteiger partial charge in [-0.15, -0.1) is 0 Å². The third-order valence-electron chi connectivity index (χ3n) is 3.35. The van der Waals surface area contributed by atoms with Crippen molar-refractivity contribution in [3.63, 3.8) is 0 Å². The summed E-state index contributed by atoms with van der Waals surface area (Å²) in [5.74, 6) is 1.90. The Hall–Kier alpha value is -0.980. The van der Waals surface area contributed by atoms with Crippen LogP contribution in [0, 0.1) is 19.8 Å². The second-order valence-electron chi connectivity index (χ2n) is 4.68. The fraction of sp³-hybridized carbons (Fsp3) is 0.571. The van der Waals surface area contributed by atoms with Crippen LogP contribution in [0.25, 0.3) is 0 Å². The van der Waals surface area contributed by atoms with Gasteiger partial charge in [0.15, 0.2) is 0 Å². The summed E-state index contributed by atoms with van der Waals surface area (Å²) in [4.78, 5) is 0. The van der Waals surface area contributed by atoms with Crippen LogP contribution in [0.1, 0.15) is 36.8 Å². The van der Waals surface area contributed by atoms with Crippen LogP contribution in [-0.4, -0.2) is 6.61 Å². The normalized spacial score (nSPS) is 16.9. The SMILES string of the molecule is Cc1cccc(C)c1OCC1CCCC1. The van der Waals surface area contributed by atoms with Gasteiger partial charge in [-0.05, 0) is 43.7 Å². The molecule has 0 spiro atoms. The van der Waals surface area contributed by atoms with E-state index in [1.165, 1.54) is 36.8 Å². The van der Waals surface area contributed by atoms with Crippen molar-refractivity contribution in [1.29, 1.82) is 0 Å². The average Bonchev–Trinajstić information content (AvgIpc) is 2.70. The molecular weight excluding hydrogens is 184 g/mol. The molecular formula is C14H20O. The number of rotatable bonds is 3. The zero-order valence-electron chi connectivity index (χ0n) is 9.75. The van der Waals surface area contributed by atoms with Crippen LogP contribution >= 0.6 is 0 Å². The molecule has 0 unspecified atom stereocenters. The van der Waals surface area contributed by atoms with Crippen molar-refractivity contribution in [2.45, 2.75) is 39.5 Å². The lowest BCUT2D eigenvalue weighted by Crippen LogP contribution is -2.09. The summed E-state index contributed by atoms with van der Waals surface area (Å²) in [6, 6.07) is 6.33. The molecule has 2 rings (SSSR count). The monoisotopic (exact) mass is 204 g/mol. The van der Waals surface area contributed by atoms with Crippen molar-refractivity contribution < 1.29 is 4.74 Å². The molecule has 1 aliphatic carbocycles. The Kier molecular flexibility index (Phi) is 3.30. The molecule has 1 aliphatic rings. The highest BCUT2D eigenvalue weighted by Gasteiger charge is 2.16. The second kappa shape index (κ2) is 4.69. The van der Waals surface area contributed by atoms with Crippen LogP contribution < -0.4 is 4.74 Å². The fourth-order valence-corrected chi connectivity index (χ4v) is 2.41. The van der Waals surface area contributed by atoms with E-state index >= 15 is 0 Å². The van der Waals surface area contributed by atoms with Gasteiger partial charge in [0.2, 0.25) is 0 Å². The van der Waals surface area contributed by atoms with E-state index < -0.39 is 0 Å². The quantitative estimate of drug-likeness (QED) is 0.726. The highest BCUT2D eigenvalue weighted by molar-refractivity contribution is 5.39. The molecule has 0 saturated heterocycles. The summed E-state index contributed by atoms with van der Waals surface area (Å²) in [5, 5.41) is 0. The first-order valence-electron chi connectivity index (χ1n) is 5.96. The van der Waals surface area contributed by atoms with Crippen LogP contribution in [0.4, 0.5) is 0 Å². The maximum Gasteiger partial charge on any atom is 0.125 e. The van der Waals surface area contributed by atoms with E-state index in [9.17, 15) is 0 Å². The molecule has 1 aromatic rings. The molecule has 0 N–H and O–H groups in total. The van der Waals surface area contributed by atoms with Gasteiger partial charge in [-0.3, -0.25) is 0 Å². The van der Waals surface area contributed by atoms with Crippen molar-refractivity contribution in [3.8, 4) is 5.75 Å². The maximum absolute atomic E-state index is 5.95. The Balaban J connectivity index is 1.97. The van der Waals surface area contributed by atoms with Crippen molar-refractivity contribution in [2.24, 2.45) is 5.92 Å². The van der Waals surface area contributed by atoms with Crippen LogP contribution in [0.15, 0.2) is 18.2 Å². The largest absolute Gasteiger partial charge is 0.493 e. The summed E-state index contributed by atoms with van der Waals surface area (Å²) in [7, 11) is 0. The fourth-order valence-electron chi connectivity index (χ4n) is 2.41. The maximum atomic E-state index is 5.95. The topological polar surface area (TPSA) is 9.23 Å². The van der Waals surface area contributed by atoms with Crippen LogP contribution in [0.2, 0.25) is 0 Å². The summed E-state index contributed by atoms with van der Waals surface area (Å²) in [6.45, 7) is 5.15. The minimum Gasteiger partial charge on any atom is -0.493 e. The first-order valence-corrected chi connectivity index (χ1v) is 5.96. The van der Waals surface area contributed by atoms with E-state index in [1.54, 1.807) is 0 Å². The van der Waals surface area contributed by atoms with Gasteiger partial charge in [-0.25, -0.2) is 0 Å². The van der Waals surface area contributed by atoms with Gasteiger partial charge in [-0.2, -0.15) is 0 Å². The standard InChI is InChI=1S/C14H20O/c1-11-6-5-7-12(2)14(11)15-10-13-8-3-4-9-13/h5-7,13H,3-4,8-10H2,1-2H3. The van der Waals surface area contributed by atoms with Gasteiger partial charge in [0.25, 0.3) is 0 Å².